The Balaban J connectivity index is 1.24. The van der Waals surface area contributed by atoms with E-state index in [2.05, 4.69) is 31.7 Å². The molecule has 15 heteroatoms. The predicted octanol–water partition coefficient (Wildman–Crippen LogP) is 2.05. The summed E-state index contributed by atoms with van der Waals surface area (Å²) in [6, 6.07) is -0.143. The van der Waals surface area contributed by atoms with Crippen molar-refractivity contribution in [2.75, 3.05) is 74.3 Å². The minimum atomic E-state index is -4.64. The number of nitrogens with one attached hydrogen (secondary N) is 1. The molecule has 2 aromatic rings. The number of alkyl halides is 3. The van der Waals surface area contributed by atoms with E-state index in [1.165, 1.54) is 6.08 Å². The van der Waals surface area contributed by atoms with Crippen molar-refractivity contribution in [1.82, 2.24) is 24.8 Å². The molecule has 42 heavy (non-hydrogen) atoms. The lowest BCUT2D eigenvalue weighted by Gasteiger charge is -2.38. The molecule has 2 aromatic heterocycles. The van der Waals surface area contributed by atoms with Crippen molar-refractivity contribution >= 4 is 23.6 Å². The summed E-state index contributed by atoms with van der Waals surface area (Å²) >= 11 is 0. The molecule has 4 aliphatic rings. The van der Waals surface area contributed by atoms with E-state index in [-0.39, 0.29) is 31.1 Å². The van der Waals surface area contributed by atoms with Crippen LogP contribution in [0, 0.1) is 0 Å². The highest BCUT2D eigenvalue weighted by atomic mass is 19.4. The maximum absolute atomic E-state index is 13.6. The van der Waals surface area contributed by atoms with E-state index in [1.807, 2.05) is 0 Å². The van der Waals surface area contributed by atoms with Crippen LogP contribution in [0.5, 0.6) is 5.88 Å². The fourth-order valence-electron chi connectivity index (χ4n) is 5.51. The van der Waals surface area contributed by atoms with E-state index in [0.29, 0.717) is 58.3 Å². The Hall–Kier alpha value is -3.72. The van der Waals surface area contributed by atoms with Crippen molar-refractivity contribution in [3.63, 3.8) is 0 Å². The molecule has 0 saturated carbocycles. The van der Waals surface area contributed by atoms with Gasteiger partial charge >= 0.3 is 6.18 Å². The molecule has 0 radical (unpaired) electrons. The van der Waals surface area contributed by atoms with E-state index in [1.54, 1.807) is 4.90 Å². The maximum atomic E-state index is 13.6. The summed E-state index contributed by atoms with van der Waals surface area (Å²) in [5.74, 6) is 0.853. The minimum absolute atomic E-state index is 0.0717. The number of piperidine rings is 1. The highest BCUT2D eigenvalue weighted by Gasteiger charge is 2.38. The molecule has 1 N–H and O–H groups in total. The van der Waals surface area contributed by atoms with Gasteiger partial charge in [0.15, 0.2) is 0 Å². The third-order valence-electron chi connectivity index (χ3n) is 7.81. The molecule has 226 valence electrons. The van der Waals surface area contributed by atoms with E-state index in [0.717, 1.165) is 42.7 Å². The number of morpholine rings is 1. The van der Waals surface area contributed by atoms with Crippen LogP contribution in [0.1, 0.15) is 29.7 Å². The van der Waals surface area contributed by atoms with Crippen LogP contribution in [-0.4, -0.2) is 102 Å². The lowest BCUT2D eigenvalue weighted by molar-refractivity contribution is -0.142. The zero-order valence-electron chi connectivity index (χ0n) is 23.1. The number of aromatic nitrogens is 4. The summed E-state index contributed by atoms with van der Waals surface area (Å²) in [6.45, 7) is 8.76. The minimum Gasteiger partial charge on any atom is -0.469 e. The quantitative estimate of drug-likeness (QED) is 0.478. The smallest absolute Gasteiger partial charge is 0.423 e. The van der Waals surface area contributed by atoms with Gasteiger partial charge in [-0.05, 0) is 25.3 Å². The second kappa shape index (κ2) is 11.9. The summed E-state index contributed by atoms with van der Waals surface area (Å²) in [5, 5.41) is 3.22. The van der Waals surface area contributed by atoms with Crippen molar-refractivity contribution in [3.05, 3.63) is 35.7 Å². The zero-order valence-corrected chi connectivity index (χ0v) is 23.1. The summed E-state index contributed by atoms with van der Waals surface area (Å²) in [4.78, 5) is 36.3. The van der Waals surface area contributed by atoms with Gasteiger partial charge in [-0.1, -0.05) is 6.58 Å². The molecular formula is C27H33F3N8O4. The number of nitrogens with zero attached hydrogens (tertiary/aromatic N) is 7. The third kappa shape index (κ3) is 6.07. The van der Waals surface area contributed by atoms with Gasteiger partial charge in [-0.25, -0.2) is 9.97 Å². The average Bonchev–Trinajstić information content (AvgIpc) is 2.98. The number of carbonyl (C=O) groups is 1. The number of anilines is 3. The first-order valence-electron chi connectivity index (χ1n) is 14.1. The number of carbonyl (C=O) groups excluding carboxylic acids is 1. The Bertz CT molecular complexity index is 1320. The van der Waals surface area contributed by atoms with Crippen LogP contribution in [0.15, 0.2) is 18.9 Å². The lowest BCUT2D eigenvalue weighted by atomic mass is 10.0. The normalized spacial score (nSPS) is 21.4. The van der Waals surface area contributed by atoms with Crippen molar-refractivity contribution < 1.29 is 32.2 Å². The van der Waals surface area contributed by atoms with Gasteiger partial charge in [0, 0.05) is 50.5 Å². The first-order valence-corrected chi connectivity index (χ1v) is 14.1. The molecule has 6 rings (SSSR count). The first kappa shape index (κ1) is 28.4. The fraction of sp³-hybridized carbons (Fsp3) is 0.593. The fourth-order valence-corrected chi connectivity index (χ4v) is 5.51. The van der Waals surface area contributed by atoms with Crippen molar-refractivity contribution in [2.24, 2.45) is 0 Å². The highest BCUT2D eigenvalue weighted by molar-refractivity contribution is 5.87. The van der Waals surface area contributed by atoms with Crippen molar-refractivity contribution in [3.8, 4) is 5.88 Å². The van der Waals surface area contributed by atoms with Gasteiger partial charge in [0.25, 0.3) is 0 Å². The van der Waals surface area contributed by atoms with Gasteiger partial charge in [-0.2, -0.15) is 23.1 Å². The standard InChI is InChI=1S/C27H33F3N8O4/c1-2-22(39)37-7-5-19-21(14-37)33-26(36-8-10-40-11-9-36)34-23(19)38-6-3-4-17(13-38)32-25-31-12-20(27(28,29)30)24(35-25)42-18-15-41-16-18/h2,12,17-18H,1,3-11,13-16H2,(H,31,32,35)/t17-/m1/s1. The molecule has 0 bridgehead atoms. The van der Waals surface area contributed by atoms with E-state index in [9.17, 15) is 18.0 Å². The van der Waals surface area contributed by atoms with Crippen LogP contribution >= 0.6 is 0 Å². The second-order valence-electron chi connectivity index (χ2n) is 10.7. The van der Waals surface area contributed by atoms with E-state index >= 15 is 0 Å². The number of hydrogen-bond acceptors (Lipinski definition) is 11. The SMILES string of the molecule is C=CC(=O)N1CCc2c(nc(N3CCOCC3)nc2N2CCC[C@@H](Nc3ncc(C(F)(F)F)c(OC4COC4)n3)C2)C1. The Kier molecular flexibility index (Phi) is 8.03. The summed E-state index contributed by atoms with van der Waals surface area (Å²) in [6.07, 6.45) is -0.826. The van der Waals surface area contributed by atoms with Crippen molar-refractivity contribution in [2.45, 2.75) is 44.1 Å². The Morgan fingerprint density at radius 1 is 1.10 bits per heavy atom. The molecule has 0 aromatic carbocycles. The number of ether oxygens (including phenoxy) is 3. The molecule has 3 saturated heterocycles. The van der Waals surface area contributed by atoms with Gasteiger partial charge in [0.1, 0.15) is 17.5 Å². The number of fused-ring (bicyclic) bond motifs is 1. The summed E-state index contributed by atoms with van der Waals surface area (Å²) < 4.78 is 56.8. The molecule has 0 aliphatic carbocycles. The van der Waals surface area contributed by atoms with Crippen LogP contribution in [0.25, 0.3) is 0 Å². The van der Waals surface area contributed by atoms with Crippen molar-refractivity contribution in [1.29, 1.82) is 0 Å². The van der Waals surface area contributed by atoms with Crippen LogP contribution in [0.2, 0.25) is 0 Å². The summed E-state index contributed by atoms with van der Waals surface area (Å²) in [5.41, 5.74) is 0.799. The maximum Gasteiger partial charge on any atom is 0.423 e. The van der Waals surface area contributed by atoms with Crippen LogP contribution < -0.4 is 19.9 Å². The van der Waals surface area contributed by atoms with Gasteiger partial charge in [0.05, 0.1) is 38.7 Å². The van der Waals surface area contributed by atoms with Gasteiger partial charge < -0.3 is 34.2 Å². The van der Waals surface area contributed by atoms with E-state index in [4.69, 9.17) is 24.2 Å². The third-order valence-corrected chi connectivity index (χ3v) is 7.81. The largest absolute Gasteiger partial charge is 0.469 e. The lowest BCUT2D eigenvalue weighted by Crippen LogP contribution is -2.45. The Labute approximate surface area is 240 Å². The molecule has 1 amide bonds. The average molecular weight is 591 g/mol. The number of amides is 1. The van der Waals surface area contributed by atoms with Crippen LogP contribution in [0.4, 0.5) is 30.9 Å². The molecular weight excluding hydrogens is 557 g/mol. The molecule has 0 spiro atoms. The zero-order chi connectivity index (χ0) is 29.3. The van der Waals surface area contributed by atoms with Gasteiger partial charge in [-0.15, -0.1) is 0 Å². The first-order chi connectivity index (χ1) is 20.3. The van der Waals surface area contributed by atoms with Gasteiger partial charge in [0.2, 0.25) is 23.7 Å². The van der Waals surface area contributed by atoms with Crippen LogP contribution in [-0.2, 0) is 33.4 Å². The monoisotopic (exact) mass is 590 g/mol. The number of rotatable bonds is 7. The predicted molar refractivity (Wildman–Crippen MR) is 146 cm³/mol. The topological polar surface area (TPSA) is 118 Å². The van der Waals surface area contributed by atoms with Crippen LogP contribution in [0.3, 0.4) is 0 Å². The summed E-state index contributed by atoms with van der Waals surface area (Å²) in [7, 11) is 0. The van der Waals surface area contributed by atoms with E-state index < -0.39 is 23.7 Å². The Morgan fingerprint density at radius 3 is 2.62 bits per heavy atom. The number of halogens is 3. The molecule has 6 heterocycles. The molecule has 4 aliphatic heterocycles. The second-order valence-corrected chi connectivity index (χ2v) is 10.7. The molecule has 1 atom stereocenters. The molecule has 12 nitrogen and oxygen atoms in total. The molecule has 0 unspecified atom stereocenters. The highest BCUT2D eigenvalue weighted by Crippen LogP contribution is 2.36. The molecule has 3 fully saturated rings. The Morgan fingerprint density at radius 2 is 1.90 bits per heavy atom. The number of hydrogen-bond donors (Lipinski definition) is 1. The van der Waals surface area contributed by atoms with Gasteiger partial charge in [-0.3, -0.25) is 4.79 Å².